The van der Waals surface area contributed by atoms with E-state index in [2.05, 4.69) is 5.32 Å². The Kier molecular flexibility index (Phi) is 4.50. The third-order valence-corrected chi connectivity index (χ3v) is 1.55. The Morgan fingerprint density at radius 3 is 1.93 bits per heavy atom. The molecule has 0 aromatic carbocycles. The highest BCUT2D eigenvalue weighted by molar-refractivity contribution is 5.56. The van der Waals surface area contributed by atoms with Crippen molar-refractivity contribution in [3.63, 3.8) is 0 Å². The SMILES string of the molecule is N#CC1(CF)CNC1.O=CC(F)(F)F. The molecule has 0 atom stereocenters. The highest BCUT2D eigenvalue weighted by Crippen LogP contribution is 2.20. The Hall–Kier alpha value is -1.16. The number of nitrogens with zero attached hydrogens (tertiary/aromatic N) is 1. The topological polar surface area (TPSA) is 52.9 Å². The molecular formula is C7H8F4N2O. The number of alkyl halides is 4. The fourth-order valence-electron chi connectivity index (χ4n) is 0.630. The molecule has 1 fully saturated rings. The normalized spacial score (nSPS) is 18.2. The summed E-state index contributed by atoms with van der Waals surface area (Å²) in [5.41, 5.74) is -0.667. The number of carbonyl (C=O) groups is 1. The number of rotatable bonds is 1. The number of carbonyl (C=O) groups excluding carboxylic acids is 1. The van der Waals surface area contributed by atoms with Gasteiger partial charge in [0.15, 0.2) is 0 Å². The van der Waals surface area contributed by atoms with Gasteiger partial charge in [0.2, 0.25) is 6.29 Å². The van der Waals surface area contributed by atoms with Gasteiger partial charge in [0.1, 0.15) is 12.1 Å². The largest absolute Gasteiger partial charge is 0.446 e. The maximum atomic E-state index is 11.8. The first kappa shape index (κ1) is 12.8. The fourth-order valence-corrected chi connectivity index (χ4v) is 0.630. The molecule has 0 amide bonds. The highest BCUT2D eigenvalue weighted by atomic mass is 19.4. The second-order valence-corrected chi connectivity index (χ2v) is 2.79. The molecule has 0 aromatic heterocycles. The van der Waals surface area contributed by atoms with E-state index in [4.69, 9.17) is 10.1 Å². The van der Waals surface area contributed by atoms with E-state index in [1.165, 1.54) is 0 Å². The second-order valence-electron chi connectivity index (χ2n) is 2.79. The van der Waals surface area contributed by atoms with E-state index in [-0.39, 0.29) is 0 Å². The van der Waals surface area contributed by atoms with Gasteiger partial charge in [-0.2, -0.15) is 18.4 Å². The van der Waals surface area contributed by atoms with Crippen LogP contribution in [0.4, 0.5) is 17.6 Å². The van der Waals surface area contributed by atoms with Gasteiger partial charge in [0, 0.05) is 13.1 Å². The summed E-state index contributed by atoms with van der Waals surface area (Å²) in [4.78, 5) is 8.70. The molecule has 1 aliphatic rings. The highest BCUT2D eigenvalue weighted by Gasteiger charge is 2.37. The third kappa shape index (κ3) is 4.18. The minimum atomic E-state index is -4.64. The molecule has 0 spiro atoms. The van der Waals surface area contributed by atoms with Crippen molar-refractivity contribution >= 4 is 6.29 Å². The van der Waals surface area contributed by atoms with Gasteiger partial charge in [-0.15, -0.1) is 0 Å². The first-order valence-corrected chi connectivity index (χ1v) is 3.60. The van der Waals surface area contributed by atoms with Crippen molar-refractivity contribution in [2.24, 2.45) is 5.41 Å². The van der Waals surface area contributed by atoms with Crippen molar-refractivity contribution in [3.8, 4) is 6.07 Å². The van der Waals surface area contributed by atoms with Crippen molar-refractivity contribution in [2.45, 2.75) is 6.18 Å². The maximum absolute atomic E-state index is 11.8. The summed E-state index contributed by atoms with van der Waals surface area (Å²) in [6.07, 6.45) is -5.70. The van der Waals surface area contributed by atoms with Gasteiger partial charge < -0.3 is 5.32 Å². The van der Waals surface area contributed by atoms with Crippen molar-refractivity contribution in [3.05, 3.63) is 0 Å². The molecule has 0 unspecified atom stereocenters. The Labute approximate surface area is 77.7 Å². The molecule has 14 heavy (non-hydrogen) atoms. The van der Waals surface area contributed by atoms with Crippen LogP contribution in [0.3, 0.4) is 0 Å². The summed E-state index contributed by atoms with van der Waals surface area (Å²) >= 11 is 0. The fraction of sp³-hybridized carbons (Fsp3) is 0.714. The predicted molar refractivity (Wildman–Crippen MR) is 39.0 cm³/mol. The van der Waals surface area contributed by atoms with E-state index in [0.717, 1.165) is 0 Å². The maximum Gasteiger partial charge on any atom is 0.446 e. The Morgan fingerprint density at radius 1 is 1.50 bits per heavy atom. The lowest BCUT2D eigenvalue weighted by Crippen LogP contribution is -2.53. The van der Waals surface area contributed by atoms with Crippen LogP contribution in [0, 0.1) is 16.7 Å². The van der Waals surface area contributed by atoms with Crippen LogP contribution in [-0.2, 0) is 4.79 Å². The van der Waals surface area contributed by atoms with E-state index < -0.39 is 24.6 Å². The van der Waals surface area contributed by atoms with Crippen molar-refractivity contribution < 1.29 is 22.4 Å². The van der Waals surface area contributed by atoms with Crippen LogP contribution in [0.2, 0.25) is 0 Å². The predicted octanol–water partition coefficient (Wildman–Crippen LogP) is 0.817. The lowest BCUT2D eigenvalue weighted by molar-refractivity contribution is -0.156. The first-order chi connectivity index (χ1) is 6.39. The molecule has 0 saturated carbocycles. The monoisotopic (exact) mass is 212 g/mol. The zero-order valence-electron chi connectivity index (χ0n) is 7.07. The summed E-state index contributed by atoms with van der Waals surface area (Å²) in [5.74, 6) is 0. The molecule has 1 rings (SSSR count). The van der Waals surface area contributed by atoms with Gasteiger partial charge in [-0.25, -0.2) is 4.39 Å². The average Bonchev–Trinajstić information content (AvgIpc) is 2.04. The molecular weight excluding hydrogens is 204 g/mol. The van der Waals surface area contributed by atoms with E-state index in [0.29, 0.717) is 13.1 Å². The number of nitriles is 1. The molecule has 7 heteroatoms. The van der Waals surface area contributed by atoms with Gasteiger partial charge in [-0.3, -0.25) is 4.79 Å². The number of aldehydes is 1. The molecule has 3 nitrogen and oxygen atoms in total. The first-order valence-electron chi connectivity index (χ1n) is 3.60. The van der Waals surface area contributed by atoms with E-state index >= 15 is 0 Å². The van der Waals surface area contributed by atoms with Crippen LogP contribution in [0.1, 0.15) is 0 Å². The summed E-state index contributed by atoms with van der Waals surface area (Å²) in [6, 6.07) is 1.93. The number of hydrogen-bond donors (Lipinski definition) is 1. The summed E-state index contributed by atoms with van der Waals surface area (Å²) < 4.78 is 43.1. The summed E-state index contributed by atoms with van der Waals surface area (Å²) in [7, 11) is 0. The molecule has 0 radical (unpaired) electrons. The Morgan fingerprint density at radius 2 is 1.93 bits per heavy atom. The smallest absolute Gasteiger partial charge is 0.313 e. The van der Waals surface area contributed by atoms with Crippen LogP contribution in [0.15, 0.2) is 0 Å². The Bertz CT molecular complexity index is 223. The lowest BCUT2D eigenvalue weighted by Gasteiger charge is -2.33. The molecule has 1 N–H and O–H groups in total. The zero-order valence-corrected chi connectivity index (χ0v) is 7.07. The zero-order chi connectivity index (χ0) is 11.2. The van der Waals surface area contributed by atoms with Gasteiger partial charge in [-0.1, -0.05) is 0 Å². The minimum Gasteiger partial charge on any atom is -0.313 e. The van der Waals surface area contributed by atoms with Crippen molar-refractivity contribution in [2.75, 3.05) is 19.8 Å². The number of hydrogen-bond acceptors (Lipinski definition) is 3. The van der Waals surface area contributed by atoms with Crippen molar-refractivity contribution in [1.29, 1.82) is 5.26 Å². The lowest BCUT2D eigenvalue weighted by atomic mass is 9.85. The standard InChI is InChI=1S/C5H7FN2.C2HF3O/c6-1-5(2-7)3-8-4-5;3-2(4,5)1-6/h8H,1,3-4H2;1H. The van der Waals surface area contributed by atoms with Crippen molar-refractivity contribution in [1.82, 2.24) is 5.32 Å². The van der Waals surface area contributed by atoms with E-state index in [1.807, 2.05) is 6.07 Å². The van der Waals surface area contributed by atoms with Gasteiger partial charge in [0.05, 0.1) is 6.07 Å². The molecule has 1 heterocycles. The second kappa shape index (κ2) is 4.91. The Balaban J connectivity index is 0.000000255. The molecule has 0 bridgehead atoms. The minimum absolute atomic E-state index is 0.514. The molecule has 1 saturated heterocycles. The quantitative estimate of drug-likeness (QED) is 0.517. The summed E-state index contributed by atoms with van der Waals surface area (Å²) in [6.45, 7) is 0.510. The number of halogens is 4. The van der Waals surface area contributed by atoms with Crippen LogP contribution < -0.4 is 5.32 Å². The molecule has 0 aliphatic carbocycles. The van der Waals surface area contributed by atoms with Crippen LogP contribution in [0.5, 0.6) is 0 Å². The van der Waals surface area contributed by atoms with E-state index in [9.17, 15) is 17.6 Å². The molecule has 80 valence electrons. The van der Waals surface area contributed by atoms with Crippen LogP contribution >= 0.6 is 0 Å². The van der Waals surface area contributed by atoms with Crippen LogP contribution in [-0.4, -0.2) is 32.2 Å². The molecule has 0 aromatic rings. The van der Waals surface area contributed by atoms with Gasteiger partial charge >= 0.3 is 6.18 Å². The van der Waals surface area contributed by atoms with Gasteiger partial charge in [0.25, 0.3) is 0 Å². The van der Waals surface area contributed by atoms with E-state index in [1.54, 1.807) is 0 Å². The summed E-state index contributed by atoms with van der Waals surface area (Å²) in [5, 5.41) is 11.1. The average molecular weight is 212 g/mol. The van der Waals surface area contributed by atoms with Gasteiger partial charge in [-0.05, 0) is 0 Å². The third-order valence-electron chi connectivity index (χ3n) is 1.55. The molecule has 1 aliphatic heterocycles. The van der Waals surface area contributed by atoms with Crippen LogP contribution in [0.25, 0.3) is 0 Å². The number of nitrogens with one attached hydrogen (secondary N) is 1.